The van der Waals surface area contributed by atoms with Gasteiger partial charge in [0.25, 0.3) is 0 Å². The van der Waals surface area contributed by atoms with Crippen LogP contribution in [0.3, 0.4) is 0 Å². The second kappa shape index (κ2) is 6.47. The minimum absolute atomic E-state index is 0.304. The molecule has 6 heteroatoms. The number of carbonyl (C=O) groups excluding carboxylic acids is 1. The van der Waals surface area contributed by atoms with E-state index in [4.69, 9.17) is 5.11 Å². The molecule has 2 N–H and O–H groups in total. The molecule has 0 atom stereocenters. The van der Waals surface area contributed by atoms with Crippen molar-refractivity contribution >= 4 is 12.0 Å². The van der Waals surface area contributed by atoms with Crippen LogP contribution in [-0.4, -0.2) is 47.1 Å². The van der Waals surface area contributed by atoms with Gasteiger partial charge in [-0.2, -0.15) is 0 Å². The van der Waals surface area contributed by atoms with Gasteiger partial charge in [0.05, 0.1) is 0 Å². The average Bonchev–Trinajstić information content (AvgIpc) is 2.29. The van der Waals surface area contributed by atoms with E-state index in [0.29, 0.717) is 13.0 Å². The molecule has 17 heavy (non-hydrogen) atoms. The zero-order valence-electron chi connectivity index (χ0n) is 9.59. The van der Waals surface area contributed by atoms with Gasteiger partial charge >= 0.3 is 12.0 Å². The van der Waals surface area contributed by atoms with E-state index in [1.807, 2.05) is 12.1 Å². The maximum absolute atomic E-state index is 11.4. The number of carboxylic acids is 1. The molecule has 0 radical (unpaired) electrons. The summed E-state index contributed by atoms with van der Waals surface area (Å²) >= 11 is 0. The van der Waals surface area contributed by atoms with Crippen molar-refractivity contribution in [2.75, 3.05) is 20.1 Å². The number of likely N-dealkylation sites (N-methyl/N-ethyl adjacent to an activating group) is 1. The fraction of sp³-hybridized carbons (Fsp3) is 0.364. The molecule has 1 rings (SSSR count). The Balaban J connectivity index is 2.27. The first-order valence-corrected chi connectivity index (χ1v) is 5.19. The van der Waals surface area contributed by atoms with Crippen LogP contribution >= 0.6 is 0 Å². The first-order valence-electron chi connectivity index (χ1n) is 5.19. The summed E-state index contributed by atoms with van der Waals surface area (Å²) in [5.41, 5.74) is 1.07. The second-order valence-corrected chi connectivity index (χ2v) is 3.59. The number of carboxylic acid groups (broad SMARTS) is 1. The SMILES string of the molecule is CN(CC(=O)O)C(=O)NCCc1ccncc1. The van der Waals surface area contributed by atoms with Crippen LogP contribution in [0.4, 0.5) is 4.79 Å². The molecule has 1 aromatic rings. The number of urea groups is 1. The van der Waals surface area contributed by atoms with Crippen molar-refractivity contribution in [2.24, 2.45) is 0 Å². The third kappa shape index (κ3) is 4.96. The molecular formula is C11H15N3O3. The van der Waals surface area contributed by atoms with Crippen molar-refractivity contribution in [2.45, 2.75) is 6.42 Å². The molecule has 2 amide bonds. The number of nitrogens with one attached hydrogen (secondary N) is 1. The van der Waals surface area contributed by atoms with E-state index in [1.54, 1.807) is 12.4 Å². The lowest BCUT2D eigenvalue weighted by Crippen LogP contribution is -2.40. The lowest BCUT2D eigenvalue weighted by Gasteiger charge is -2.15. The van der Waals surface area contributed by atoms with Crippen molar-refractivity contribution in [3.05, 3.63) is 30.1 Å². The second-order valence-electron chi connectivity index (χ2n) is 3.59. The van der Waals surface area contributed by atoms with Crippen LogP contribution in [0, 0.1) is 0 Å². The molecule has 0 unspecified atom stereocenters. The molecule has 0 aliphatic rings. The molecule has 0 aliphatic carbocycles. The Morgan fingerprint density at radius 1 is 1.41 bits per heavy atom. The smallest absolute Gasteiger partial charge is 0.323 e. The summed E-state index contributed by atoms with van der Waals surface area (Å²) in [5.74, 6) is -1.03. The van der Waals surface area contributed by atoms with Gasteiger partial charge in [-0.25, -0.2) is 4.79 Å². The van der Waals surface area contributed by atoms with E-state index in [0.717, 1.165) is 10.5 Å². The standard InChI is InChI=1S/C11H15N3O3/c1-14(8-10(15)16)11(17)13-7-4-9-2-5-12-6-3-9/h2-3,5-6H,4,7-8H2,1H3,(H,13,17)(H,15,16). The average molecular weight is 237 g/mol. The van der Waals surface area contributed by atoms with Crippen molar-refractivity contribution in [3.63, 3.8) is 0 Å². The van der Waals surface area contributed by atoms with Crippen molar-refractivity contribution < 1.29 is 14.7 Å². The third-order valence-electron chi connectivity index (χ3n) is 2.16. The van der Waals surface area contributed by atoms with E-state index >= 15 is 0 Å². The summed E-state index contributed by atoms with van der Waals surface area (Å²) in [6.07, 6.45) is 4.07. The number of carbonyl (C=O) groups is 2. The lowest BCUT2D eigenvalue weighted by atomic mass is 10.2. The van der Waals surface area contributed by atoms with Crippen LogP contribution < -0.4 is 5.32 Å². The summed E-state index contributed by atoms with van der Waals surface area (Å²) < 4.78 is 0. The monoisotopic (exact) mass is 237 g/mol. The molecule has 6 nitrogen and oxygen atoms in total. The number of hydrogen-bond acceptors (Lipinski definition) is 3. The van der Waals surface area contributed by atoms with Crippen molar-refractivity contribution in [3.8, 4) is 0 Å². The van der Waals surface area contributed by atoms with Crippen molar-refractivity contribution in [1.82, 2.24) is 15.2 Å². The quantitative estimate of drug-likeness (QED) is 0.774. The molecule has 0 bridgehead atoms. The Kier molecular flexibility index (Phi) is 4.93. The fourth-order valence-electron chi connectivity index (χ4n) is 1.27. The van der Waals surface area contributed by atoms with Gasteiger partial charge in [0.2, 0.25) is 0 Å². The van der Waals surface area contributed by atoms with E-state index in [9.17, 15) is 9.59 Å². The highest BCUT2D eigenvalue weighted by Gasteiger charge is 2.10. The number of pyridine rings is 1. The molecule has 1 heterocycles. The highest BCUT2D eigenvalue weighted by atomic mass is 16.4. The van der Waals surface area contributed by atoms with Crippen LogP contribution in [0.2, 0.25) is 0 Å². The van der Waals surface area contributed by atoms with Crippen LogP contribution in [0.5, 0.6) is 0 Å². The fourth-order valence-corrected chi connectivity index (χ4v) is 1.27. The number of aromatic nitrogens is 1. The number of rotatable bonds is 5. The van der Waals surface area contributed by atoms with E-state index in [2.05, 4.69) is 10.3 Å². The zero-order valence-corrected chi connectivity index (χ0v) is 9.59. The predicted octanol–water partition coefficient (Wildman–Crippen LogP) is 0.350. The third-order valence-corrected chi connectivity index (χ3v) is 2.16. The van der Waals surface area contributed by atoms with E-state index in [1.165, 1.54) is 7.05 Å². The minimum Gasteiger partial charge on any atom is -0.480 e. The molecule has 0 aromatic carbocycles. The minimum atomic E-state index is -1.03. The first-order chi connectivity index (χ1) is 8.09. The zero-order chi connectivity index (χ0) is 12.7. The molecule has 0 saturated carbocycles. The Bertz CT molecular complexity index is 381. The van der Waals surface area contributed by atoms with Crippen LogP contribution in [0.15, 0.2) is 24.5 Å². The lowest BCUT2D eigenvalue weighted by molar-refractivity contribution is -0.137. The van der Waals surface area contributed by atoms with Gasteiger partial charge in [-0.3, -0.25) is 9.78 Å². The molecular weight excluding hydrogens is 222 g/mol. The first kappa shape index (κ1) is 13.0. The van der Waals surface area contributed by atoms with Gasteiger partial charge in [0, 0.05) is 26.0 Å². The highest BCUT2D eigenvalue weighted by Crippen LogP contribution is 1.96. The number of nitrogens with zero attached hydrogens (tertiary/aromatic N) is 2. The van der Waals surface area contributed by atoms with Crippen molar-refractivity contribution in [1.29, 1.82) is 0 Å². The molecule has 0 spiro atoms. The Morgan fingerprint density at radius 3 is 2.65 bits per heavy atom. The maximum Gasteiger partial charge on any atom is 0.323 e. The maximum atomic E-state index is 11.4. The predicted molar refractivity (Wildman–Crippen MR) is 61.6 cm³/mol. The summed E-state index contributed by atoms with van der Waals surface area (Å²) in [4.78, 5) is 26.8. The van der Waals surface area contributed by atoms with Gasteiger partial charge in [-0.15, -0.1) is 0 Å². The van der Waals surface area contributed by atoms with Gasteiger partial charge in [0.1, 0.15) is 6.54 Å². The molecule has 0 aliphatic heterocycles. The van der Waals surface area contributed by atoms with Gasteiger partial charge < -0.3 is 15.3 Å². The van der Waals surface area contributed by atoms with Crippen LogP contribution in [0.1, 0.15) is 5.56 Å². The number of aliphatic carboxylic acids is 1. The summed E-state index contributed by atoms with van der Waals surface area (Å²) in [7, 11) is 1.44. The highest BCUT2D eigenvalue weighted by molar-refractivity contribution is 5.79. The normalized spacial score (nSPS) is 9.71. The number of amides is 2. The van der Waals surface area contributed by atoms with Crippen LogP contribution in [0.25, 0.3) is 0 Å². The Labute approximate surface area is 99.3 Å². The molecule has 92 valence electrons. The summed E-state index contributed by atoms with van der Waals surface area (Å²) in [6, 6.07) is 3.35. The summed E-state index contributed by atoms with van der Waals surface area (Å²) in [5, 5.41) is 11.1. The Hall–Kier alpha value is -2.11. The molecule has 1 aromatic heterocycles. The van der Waals surface area contributed by atoms with Crippen LogP contribution in [-0.2, 0) is 11.2 Å². The van der Waals surface area contributed by atoms with Gasteiger partial charge in [-0.1, -0.05) is 0 Å². The van der Waals surface area contributed by atoms with E-state index in [-0.39, 0.29) is 12.6 Å². The molecule has 0 saturated heterocycles. The summed E-state index contributed by atoms with van der Waals surface area (Å²) in [6.45, 7) is 0.161. The van der Waals surface area contributed by atoms with Gasteiger partial charge in [0.15, 0.2) is 0 Å². The van der Waals surface area contributed by atoms with E-state index < -0.39 is 5.97 Å². The van der Waals surface area contributed by atoms with Gasteiger partial charge in [-0.05, 0) is 24.1 Å². The topological polar surface area (TPSA) is 82.5 Å². The number of hydrogen-bond donors (Lipinski definition) is 2. The molecule has 0 fully saturated rings. The largest absolute Gasteiger partial charge is 0.480 e. The Morgan fingerprint density at radius 2 is 2.06 bits per heavy atom.